The number of hydrogen-bond donors (Lipinski definition) is 0. The fraction of sp³-hybridized carbons (Fsp3) is 0.500. The van der Waals surface area contributed by atoms with E-state index in [-0.39, 0.29) is 5.91 Å². The van der Waals surface area contributed by atoms with Crippen LogP contribution in [-0.4, -0.2) is 60.0 Å². The van der Waals surface area contributed by atoms with Gasteiger partial charge >= 0.3 is 0 Å². The lowest BCUT2D eigenvalue weighted by Gasteiger charge is -2.38. The molecule has 2 aromatic rings. The Hall–Kier alpha value is -2.40. The Balaban J connectivity index is 1.41. The summed E-state index contributed by atoms with van der Waals surface area (Å²) in [4.78, 5) is 24.3. The molecule has 5 nitrogen and oxygen atoms in total. The summed E-state index contributed by atoms with van der Waals surface area (Å²) >= 11 is 0. The number of rotatable bonds is 6. The second-order valence-corrected chi connectivity index (χ2v) is 8.89. The Kier molecular flexibility index (Phi) is 5.86. The van der Waals surface area contributed by atoms with Crippen LogP contribution in [0.1, 0.15) is 41.8 Å². The standard InChI is InChI=1S/C24H32N4O/c1-18(2)9-10-26(3)24(29)21-13-20-14-22-17-27(16-19-7-5-4-6-8-19)11-12-28(22)23(20)25-15-21/h4-8,13,15,18,22H,9-12,14,16-17H2,1-3H3. The molecule has 1 fully saturated rings. The average molecular weight is 393 g/mol. The lowest BCUT2D eigenvalue weighted by molar-refractivity contribution is 0.0788. The first-order valence-electron chi connectivity index (χ1n) is 10.8. The van der Waals surface area contributed by atoms with Crippen LogP contribution in [0.4, 0.5) is 5.82 Å². The van der Waals surface area contributed by atoms with Gasteiger partial charge in [0.1, 0.15) is 5.82 Å². The molecule has 154 valence electrons. The zero-order chi connectivity index (χ0) is 20.4. The van der Waals surface area contributed by atoms with Crippen molar-refractivity contribution >= 4 is 11.7 Å². The number of carbonyl (C=O) groups is 1. The number of piperazine rings is 1. The molecular formula is C24H32N4O. The molecule has 0 N–H and O–H groups in total. The van der Waals surface area contributed by atoms with E-state index in [0.29, 0.717) is 12.0 Å². The Morgan fingerprint density at radius 1 is 1.24 bits per heavy atom. The normalized spacial score (nSPS) is 18.6. The number of aromatic nitrogens is 1. The van der Waals surface area contributed by atoms with Gasteiger partial charge in [0.05, 0.1) is 5.56 Å². The van der Waals surface area contributed by atoms with Gasteiger partial charge in [-0.05, 0) is 36.0 Å². The highest BCUT2D eigenvalue weighted by Gasteiger charge is 2.35. The van der Waals surface area contributed by atoms with Gasteiger partial charge in [0.15, 0.2) is 0 Å². The van der Waals surface area contributed by atoms with Crippen LogP contribution in [0.2, 0.25) is 0 Å². The number of amides is 1. The number of pyridine rings is 1. The number of fused-ring (bicyclic) bond motifs is 3. The van der Waals surface area contributed by atoms with Crippen molar-refractivity contribution in [2.75, 3.05) is 38.1 Å². The van der Waals surface area contributed by atoms with Gasteiger partial charge in [0, 0.05) is 52.0 Å². The maximum atomic E-state index is 12.8. The topological polar surface area (TPSA) is 39.7 Å². The van der Waals surface area contributed by atoms with Crippen LogP contribution in [0.25, 0.3) is 0 Å². The minimum atomic E-state index is 0.0801. The van der Waals surface area contributed by atoms with E-state index in [1.807, 2.05) is 11.9 Å². The van der Waals surface area contributed by atoms with Crippen molar-refractivity contribution in [1.82, 2.24) is 14.8 Å². The number of carbonyl (C=O) groups excluding carboxylic acids is 1. The predicted molar refractivity (Wildman–Crippen MR) is 117 cm³/mol. The van der Waals surface area contributed by atoms with Crippen LogP contribution in [0.3, 0.4) is 0 Å². The molecular weight excluding hydrogens is 360 g/mol. The molecule has 29 heavy (non-hydrogen) atoms. The molecule has 3 heterocycles. The third kappa shape index (κ3) is 4.45. The number of benzene rings is 1. The van der Waals surface area contributed by atoms with Gasteiger partial charge in [-0.3, -0.25) is 9.69 Å². The molecule has 1 amide bonds. The van der Waals surface area contributed by atoms with Crippen molar-refractivity contribution < 1.29 is 4.79 Å². The van der Waals surface area contributed by atoms with Crippen molar-refractivity contribution in [2.45, 2.75) is 39.3 Å². The molecule has 1 unspecified atom stereocenters. The van der Waals surface area contributed by atoms with Gasteiger partial charge in [-0.25, -0.2) is 4.98 Å². The summed E-state index contributed by atoms with van der Waals surface area (Å²) in [6, 6.07) is 13.2. The van der Waals surface area contributed by atoms with Crippen LogP contribution in [-0.2, 0) is 13.0 Å². The molecule has 0 aliphatic carbocycles. The zero-order valence-electron chi connectivity index (χ0n) is 17.8. The third-order valence-electron chi connectivity index (χ3n) is 6.12. The van der Waals surface area contributed by atoms with E-state index in [1.54, 1.807) is 6.20 Å². The van der Waals surface area contributed by atoms with Gasteiger partial charge in [-0.1, -0.05) is 44.2 Å². The first kappa shape index (κ1) is 19.9. The largest absolute Gasteiger partial charge is 0.350 e. The SMILES string of the molecule is CC(C)CCN(C)C(=O)c1cnc2c(c1)CC1CN(Cc3ccccc3)CCN21. The van der Waals surface area contributed by atoms with Crippen molar-refractivity contribution in [3.63, 3.8) is 0 Å². The van der Waals surface area contributed by atoms with Crippen LogP contribution < -0.4 is 4.90 Å². The van der Waals surface area contributed by atoms with Crippen molar-refractivity contribution in [3.8, 4) is 0 Å². The van der Waals surface area contributed by atoms with Gasteiger partial charge < -0.3 is 9.80 Å². The van der Waals surface area contributed by atoms with E-state index in [1.165, 1.54) is 11.1 Å². The predicted octanol–water partition coefficient (Wildman–Crippen LogP) is 3.45. The molecule has 1 saturated heterocycles. The quantitative estimate of drug-likeness (QED) is 0.755. The molecule has 2 aliphatic rings. The fourth-order valence-corrected chi connectivity index (χ4v) is 4.41. The highest BCUT2D eigenvalue weighted by molar-refractivity contribution is 5.94. The lowest BCUT2D eigenvalue weighted by atomic mass is 10.1. The second-order valence-electron chi connectivity index (χ2n) is 8.89. The molecule has 1 aromatic heterocycles. The second kappa shape index (κ2) is 8.54. The van der Waals surface area contributed by atoms with Crippen molar-refractivity contribution in [3.05, 3.63) is 59.3 Å². The summed E-state index contributed by atoms with van der Waals surface area (Å²) < 4.78 is 0. The Bertz CT molecular complexity index is 851. The number of anilines is 1. The van der Waals surface area contributed by atoms with Crippen LogP contribution in [0.5, 0.6) is 0 Å². The monoisotopic (exact) mass is 392 g/mol. The molecule has 0 radical (unpaired) electrons. The smallest absolute Gasteiger partial charge is 0.255 e. The maximum absolute atomic E-state index is 12.8. The van der Waals surface area contributed by atoms with E-state index in [4.69, 9.17) is 4.98 Å². The van der Waals surface area contributed by atoms with E-state index in [0.717, 1.165) is 56.9 Å². The molecule has 1 aromatic carbocycles. The zero-order valence-corrected chi connectivity index (χ0v) is 17.8. The van der Waals surface area contributed by atoms with Crippen LogP contribution >= 0.6 is 0 Å². The Labute approximate surface area is 174 Å². The van der Waals surface area contributed by atoms with Gasteiger partial charge in [-0.2, -0.15) is 0 Å². The molecule has 0 spiro atoms. The van der Waals surface area contributed by atoms with E-state index in [9.17, 15) is 4.79 Å². The van der Waals surface area contributed by atoms with Crippen LogP contribution in [0.15, 0.2) is 42.6 Å². The highest BCUT2D eigenvalue weighted by Crippen LogP contribution is 2.33. The van der Waals surface area contributed by atoms with Gasteiger partial charge in [0.25, 0.3) is 5.91 Å². The summed E-state index contributed by atoms with van der Waals surface area (Å²) in [5.74, 6) is 1.76. The molecule has 2 aliphatic heterocycles. The minimum absolute atomic E-state index is 0.0801. The first-order valence-corrected chi connectivity index (χ1v) is 10.8. The number of hydrogen-bond acceptors (Lipinski definition) is 4. The van der Waals surface area contributed by atoms with E-state index in [2.05, 4.69) is 60.0 Å². The first-order chi connectivity index (χ1) is 14.0. The Morgan fingerprint density at radius 2 is 2.03 bits per heavy atom. The molecule has 4 rings (SSSR count). The minimum Gasteiger partial charge on any atom is -0.350 e. The average Bonchev–Trinajstić information content (AvgIpc) is 3.09. The number of nitrogens with zero attached hydrogens (tertiary/aromatic N) is 4. The van der Waals surface area contributed by atoms with E-state index >= 15 is 0 Å². The highest BCUT2D eigenvalue weighted by atomic mass is 16.2. The lowest BCUT2D eigenvalue weighted by Crippen LogP contribution is -2.51. The molecule has 0 saturated carbocycles. The molecule has 1 atom stereocenters. The third-order valence-corrected chi connectivity index (χ3v) is 6.12. The molecule has 0 bridgehead atoms. The molecule has 5 heteroatoms. The summed E-state index contributed by atoms with van der Waals surface area (Å²) in [7, 11) is 1.89. The van der Waals surface area contributed by atoms with Gasteiger partial charge in [-0.15, -0.1) is 0 Å². The van der Waals surface area contributed by atoms with Crippen molar-refractivity contribution in [1.29, 1.82) is 0 Å². The summed E-state index contributed by atoms with van der Waals surface area (Å²) in [6.07, 6.45) is 3.77. The summed E-state index contributed by atoms with van der Waals surface area (Å²) in [5.41, 5.74) is 3.31. The van der Waals surface area contributed by atoms with Gasteiger partial charge in [0.2, 0.25) is 0 Å². The van der Waals surface area contributed by atoms with Crippen LogP contribution in [0, 0.1) is 5.92 Å². The Morgan fingerprint density at radius 3 is 2.79 bits per heavy atom. The van der Waals surface area contributed by atoms with E-state index < -0.39 is 0 Å². The summed E-state index contributed by atoms with van der Waals surface area (Å²) in [5, 5.41) is 0. The maximum Gasteiger partial charge on any atom is 0.255 e. The van der Waals surface area contributed by atoms with Crippen molar-refractivity contribution in [2.24, 2.45) is 5.92 Å². The fourth-order valence-electron chi connectivity index (χ4n) is 4.41. The summed E-state index contributed by atoms with van der Waals surface area (Å²) in [6.45, 7) is 9.25.